The Labute approximate surface area is 116 Å². The molecule has 92 valence electrons. The molecule has 1 aliphatic carbocycles. The second-order valence-corrected chi connectivity index (χ2v) is 7.67. The van der Waals surface area contributed by atoms with Crippen LogP contribution in [0.15, 0.2) is 15.9 Å². The first-order valence-electron chi connectivity index (χ1n) is 6.33. The lowest BCUT2D eigenvalue weighted by molar-refractivity contribution is 0.206. The van der Waals surface area contributed by atoms with Gasteiger partial charge in [-0.2, -0.15) is 5.26 Å². The van der Waals surface area contributed by atoms with Crippen LogP contribution in [0.2, 0.25) is 0 Å². The van der Waals surface area contributed by atoms with E-state index < -0.39 is 0 Å². The van der Waals surface area contributed by atoms with Crippen LogP contribution in [0.5, 0.6) is 0 Å². The number of halogens is 1. The highest BCUT2D eigenvalue weighted by Gasteiger charge is 2.35. The molecule has 1 heterocycles. The van der Waals surface area contributed by atoms with E-state index in [9.17, 15) is 5.26 Å². The number of nitrogens with zero attached hydrogens (tertiary/aromatic N) is 1. The van der Waals surface area contributed by atoms with E-state index in [2.05, 4.69) is 41.1 Å². The van der Waals surface area contributed by atoms with Crippen molar-refractivity contribution in [3.05, 3.63) is 20.8 Å². The highest BCUT2D eigenvalue weighted by molar-refractivity contribution is 9.11. The van der Waals surface area contributed by atoms with Gasteiger partial charge in [-0.05, 0) is 59.7 Å². The fourth-order valence-electron chi connectivity index (χ4n) is 2.75. The monoisotopic (exact) mass is 311 g/mol. The van der Waals surface area contributed by atoms with Gasteiger partial charge < -0.3 is 0 Å². The van der Waals surface area contributed by atoms with Gasteiger partial charge >= 0.3 is 0 Å². The van der Waals surface area contributed by atoms with Crippen LogP contribution in [0.4, 0.5) is 0 Å². The molecule has 1 saturated carbocycles. The minimum atomic E-state index is -0.0873. The first-order chi connectivity index (χ1) is 8.17. The van der Waals surface area contributed by atoms with Crippen molar-refractivity contribution in [1.29, 1.82) is 5.26 Å². The summed E-state index contributed by atoms with van der Waals surface area (Å²) in [7, 11) is 0. The van der Waals surface area contributed by atoms with Crippen LogP contribution in [0.1, 0.15) is 43.9 Å². The highest BCUT2D eigenvalue weighted by atomic mass is 79.9. The normalized spacial score (nSPS) is 28.9. The summed E-state index contributed by atoms with van der Waals surface area (Å²) in [4.78, 5) is 1.34. The molecule has 0 N–H and O–H groups in total. The van der Waals surface area contributed by atoms with Crippen molar-refractivity contribution >= 4 is 27.3 Å². The molecule has 1 aromatic heterocycles. The summed E-state index contributed by atoms with van der Waals surface area (Å²) < 4.78 is 1.17. The van der Waals surface area contributed by atoms with E-state index >= 15 is 0 Å². The molecule has 0 amide bonds. The molecule has 1 fully saturated rings. The first-order valence-corrected chi connectivity index (χ1v) is 7.94. The fourth-order valence-corrected chi connectivity index (χ4v) is 4.37. The van der Waals surface area contributed by atoms with Crippen molar-refractivity contribution in [3.63, 3.8) is 0 Å². The van der Waals surface area contributed by atoms with Gasteiger partial charge in [-0.25, -0.2) is 0 Å². The summed E-state index contributed by atoms with van der Waals surface area (Å²) >= 11 is 5.26. The summed E-state index contributed by atoms with van der Waals surface area (Å²) in [6, 6.07) is 6.85. The van der Waals surface area contributed by atoms with Crippen LogP contribution in [0.3, 0.4) is 0 Å². The number of thiophene rings is 1. The molecule has 3 heteroatoms. The molecule has 0 radical (unpaired) electrons. The van der Waals surface area contributed by atoms with Crippen molar-refractivity contribution in [2.75, 3.05) is 0 Å². The van der Waals surface area contributed by atoms with E-state index in [1.54, 1.807) is 11.3 Å². The average Bonchev–Trinajstić information content (AvgIpc) is 2.75. The quantitative estimate of drug-likeness (QED) is 0.756. The van der Waals surface area contributed by atoms with Gasteiger partial charge in [-0.15, -0.1) is 11.3 Å². The third-order valence-electron chi connectivity index (χ3n) is 4.02. The van der Waals surface area contributed by atoms with Gasteiger partial charge in [-0.1, -0.05) is 13.3 Å². The Balaban J connectivity index is 2.04. The summed E-state index contributed by atoms with van der Waals surface area (Å²) in [5, 5.41) is 9.51. The van der Waals surface area contributed by atoms with Crippen molar-refractivity contribution in [3.8, 4) is 6.07 Å². The lowest BCUT2D eigenvalue weighted by atomic mass is 9.69. The van der Waals surface area contributed by atoms with Gasteiger partial charge in [0, 0.05) is 11.3 Å². The molecule has 0 aromatic carbocycles. The number of hydrogen-bond acceptors (Lipinski definition) is 2. The maximum absolute atomic E-state index is 9.51. The first kappa shape index (κ1) is 13.1. The van der Waals surface area contributed by atoms with Gasteiger partial charge in [-0.3, -0.25) is 0 Å². The molecule has 1 aliphatic rings. The van der Waals surface area contributed by atoms with Gasteiger partial charge in [0.15, 0.2) is 0 Å². The molecule has 0 saturated heterocycles. The lowest BCUT2D eigenvalue weighted by Gasteiger charge is -2.34. The van der Waals surface area contributed by atoms with Crippen LogP contribution in [-0.4, -0.2) is 0 Å². The van der Waals surface area contributed by atoms with Crippen molar-refractivity contribution in [2.24, 2.45) is 11.3 Å². The summed E-state index contributed by atoms with van der Waals surface area (Å²) in [6.07, 6.45) is 6.84. The van der Waals surface area contributed by atoms with Crippen LogP contribution in [0.25, 0.3) is 0 Å². The second-order valence-electron chi connectivity index (χ2n) is 5.13. The minimum Gasteiger partial charge on any atom is -0.198 e. The molecule has 0 unspecified atom stereocenters. The van der Waals surface area contributed by atoms with Crippen LogP contribution >= 0.6 is 27.3 Å². The Kier molecular flexibility index (Phi) is 4.27. The van der Waals surface area contributed by atoms with Crippen molar-refractivity contribution < 1.29 is 0 Å². The largest absolute Gasteiger partial charge is 0.198 e. The van der Waals surface area contributed by atoms with Gasteiger partial charge in [0.2, 0.25) is 0 Å². The third kappa shape index (κ3) is 3.11. The van der Waals surface area contributed by atoms with E-state index in [-0.39, 0.29) is 5.41 Å². The van der Waals surface area contributed by atoms with Gasteiger partial charge in [0.05, 0.1) is 15.3 Å². The zero-order valence-electron chi connectivity index (χ0n) is 10.2. The Morgan fingerprint density at radius 2 is 2.18 bits per heavy atom. The maximum atomic E-state index is 9.51. The van der Waals surface area contributed by atoms with E-state index in [4.69, 9.17) is 0 Å². The molecule has 2 rings (SSSR count). The maximum Gasteiger partial charge on any atom is 0.0701 e. The molecule has 1 nitrogen and oxygen atoms in total. The fraction of sp³-hybridized carbons (Fsp3) is 0.643. The highest BCUT2D eigenvalue weighted by Crippen LogP contribution is 2.43. The molecular weight excluding hydrogens is 294 g/mol. The number of hydrogen-bond donors (Lipinski definition) is 0. The van der Waals surface area contributed by atoms with E-state index in [1.807, 2.05) is 0 Å². The number of nitriles is 1. The molecule has 0 bridgehead atoms. The predicted molar refractivity (Wildman–Crippen MR) is 76.0 cm³/mol. The van der Waals surface area contributed by atoms with Crippen LogP contribution in [-0.2, 0) is 6.42 Å². The van der Waals surface area contributed by atoms with E-state index in [0.29, 0.717) is 0 Å². The SMILES string of the molecule is CCC1CCC(C#N)(Cc2ccc(Br)s2)CC1. The van der Waals surface area contributed by atoms with Crippen molar-refractivity contribution in [1.82, 2.24) is 0 Å². The summed E-state index contributed by atoms with van der Waals surface area (Å²) in [6.45, 7) is 2.26. The Bertz CT molecular complexity index is 410. The molecule has 1 aromatic rings. The smallest absolute Gasteiger partial charge is 0.0701 e. The molecule has 0 aliphatic heterocycles. The van der Waals surface area contributed by atoms with Crippen molar-refractivity contribution in [2.45, 2.75) is 45.4 Å². The standard InChI is InChI=1S/C14H18BrNS/c1-2-11-5-7-14(10-16,8-6-11)9-12-3-4-13(15)17-12/h3-4,11H,2,5-9H2,1H3. The summed E-state index contributed by atoms with van der Waals surface area (Å²) in [5.74, 6) is 0.853. The lowest BCUT2D eigenvalue weighted by Crippen LogP contribution is -2.27. The van der Waals surface area contributed by atoms with E-state index in [1.165, 1.54) is 27.9 Å². The third-order valence-corrected chi connectivity index (χ3v) is 5.64. The topological polar surface area (TPSA) is 23.8 Å². The molecular formula is C14H18BrNS. The molecule has 0 spiro atoms. The molecule has 17 heavy (non-hydrogen) atoms. The Morgan fingerprint density at radius 3 is 2.65 bits per heavy atom. The average molecular weight is 312 g/mol. The Morgan fingerprint density at radius 1 is 1.47 bits per heavy atom. The number of rotatable bonds is 3. The molecule has 0 atom stereocenters. The van der Waals surface area contributed by atoms with Gasteiger partial charge in [0.25, 0.3) is 0 Å². The Hall–Kier alpha value is -0.330. The summed E-state index contributed by atoms with van der Waals surface area (Å²) in [5.41, 5.74) is -0.0873. The van der Waals surface area contributed by atoms with E-state index in [0.717, 1.165) is 25.2 Å². The van der Waals surface area contributed by atoms with Crippen LogP contribution in [0, 0.1) is 22.7 Å². The minimum absolute atomic E-state index is 0.0873. The predicted octanol–water partition coefficient (Wildman–Crippen LogP) is 5.16. The zero-order chi connectivity index (χ0) is 12.3. The second kappa shape index (κ2) is 5.54. The van der Waals surface area contributed by atoms with Gasteiger partial charge in [0.1, 0.15) is 0 Å². The van der Waals surface area contributed by atoms with Crippen LogP contribution < -0.4 is 0 Å². The zero-order valence-corrected chi connectivity index (χ0v) is 12.6.